The molecule has 2 rings (SSSR count). The summed E-state index contributed by atoms with van der Waals surface area (Å²) in [4.78, 5) is 11.1. The predicted octanol–water partition coefficient (Wildman–Crippen LogP) is 2.21. The molecule has 3 unspecified atom stereocenters. The van der Waals surface area contributed by atoms with Gasteiger partial charge in [-0.15, -0.1) is 0 Å². The van der Waals surface area contributed by atoms with Gasteiger partial charge < -0.3 is 15.7 Å². The summed E-state index contributed by atoms with van der Waals surface area (Å²) in [6.45, 7) is 3.58. The Morgan fingerprint density at radius 1 is 1.42 bits per heavy atom. The summed E-state index contributed by atoms with van der Waals surface area (Å²) in [5.74, 6) is -0.0658. The maximum absolute atomic E-state index is 11.1. The molecule has 1 aliphatic carbocycles. The molecule has 0 heterocycles. The van der Waals surface area contributed by atoms with Gasteiger partial charge in [0.05, 0.1) is 6.10 Å². The van der Waals surface area contributed by atoms with Crippen molar-refractivity contribution in [3.63, 3.8) is 0 Å². The fourth-order valence-corrected chi connectivity index (χ4v) is 2.64. The molecule has 0 saturated heterocycles. The summed E-state index contributed by atoms with van der Waals surface area (Å²) >= 11 is 0. The van der Waals surface area contributed by atoms with Gasteiger partial charge in [-0.25, -0.2) is 0 Å². The van der Waals surface area contributed by atoms with Gasteiger partial charge in [-0.05, 0) is 43.9 Å². The molecule has 3 N–H and O–H groups in total. The van der Waals surface area contributed by atoms with E-state index in [0.717, 1.165) is 30.5 Å². The number of aliphatic hydroxyl groups excluding tert-OH is 1. The highest BCUT2D eigenvalue weighted by Gasteiger charge is 2.26. The molecule has 0 aliphatic heterocycles. The zero-order valence-corrected chi connectivity index (χ0v) is 11.5. The Hall–Kier alpha value is -1.39. The third kappa shape index (κ3) is 3.78. The minimum Gasteiger partial charge on any atom is -0.392 e. The summed E-state index contributed by atoms with van der Waals surface area (Å²) in [5.41, 5.74) is 1.93. The average Bonchev–Trinajstić information content (AvgIpc) is 2.74. The second-order valence-corrected chi connectivity index (χ2v) is 5.30. The van der Waals surface area contributed by atoms with Crippen LogP contribution in [0.5, 0.6) is 0 Å². The van der Waals surface area contributed by atoms with E-state index >= 15 is 0 Å². The second kappa shape index (κ2) is 6.17. The lowest BCUT2D eigenvalue weighted by atomic mass is 10.1. The van der Waals surface area contributed by atoms with Crippen LogP contribution in [0.4, 0.5) is 5.69 Å². The van der Waals surface area contributed by atoms with Gasteiger partial charge in [0.25, 0.3) is 0 Å². The molecule has 1 saturated carbocycles. The molecule has 0 aromatic heterocycles. The highest BCUT2D eigenvalue weighted by Crippen LogP contribution is 2.23. The normalized spacial score (nSPS) is 24.2. The monoisotopic (exact) mass is 262 g/mol. The first-order chi connectivity index (χ1) is 9.06. The fourth-order valence-electron chi connectivity index (χ4n) is 2.64. The standard InChI is InChI=1S/C15H22N2O2/c1-10(16-14-7-4-8-15(14)19)12-5-3-6-13(9-12)17-11(2)18/h3,5-6,9-10,14-16,19H,4,7-8H2,1-2H3,(H,17,18). The third-order valence-electron chi connectivity index (χ3n) is 3.65. The van der Waals surface area contributed by atoms with Crippen LogP contribution in [-0.4, -0.2) is 23.2 Å². The number of rotatable bonds is 4. The molecule has 4 heteroatoms. The van der Waals surface area contributed by atoms with Crippen LogP contribution in [0.3, 0.4) is 0 Å². The van der Waals surface area contributed by atoms with Crippen LogP contribution in [-0.2, 0) is 4.79 Å². The Kier molecular flexibility index (Phi) is 4.56. The van der Waals surface area contributed by atoms with Crippen molar-refractivity contribution in [3.8, 4) is 0 Å². The summed E-state index contributed by atoms with van der Waals surface area (Å²) < 4.78 is 0. The highest BCUT2D eigenvalue weighted by molar-refractivity contribution is 5.88. The molecule has 1 fully saturated rings. The molecule has 1 amide bonds. The van der Waals surface area contributed by atoms with Gasteiger partial charge in [-0.1, -0.05) is 12.1 Å². The number of benzene rings is 1. The maximum Gasteiger partial charge on any atom is 0.221 e. The smallest absolute Gasteiger partial charge is 0.221 e. The lowest BCUT2D eigenvalue weighted by Gasteiger charge is -2.22. The molecule has 3 atom stereocenters. The van der Waals surface area contributed by atoms with Crippen molar-refractivity contribution in [2.75, 3.05) is 5.32 Å². The largest absolute Gasteiger partial charge is 0.392 e. The van der Waals surface area contributed by atoms with Gasteiger partial charge >= 0.3 is 0 Å². The topological polar surface area (TPSA) is 61.4 Å². The van der Waals surface area contributed by atoms with Crippen LogP contribution < -0.4 is 10.6 Å². The Morgan fingerprint density at radius 2 is 2.21 bits per heavy atom. The number of aliphatic hydroxyl groups is 1. The van der Waals surface area contributed by atoms with Crippen LogP contribution in [0, 0.1) is 0 Å². The lowest BCUT2D eigenvalue weighted by Crippen LogP contribution is -2.37. The molecule has 1 aromatic carbocycles. The Bertz CT molecular complexity index is 448. The molecule has 0 bridgehead atoms. The van der Waals surface area contributed by atoms with E-state index in [1.165, 1.54) is 6.92 Å². The Labute approximate surface area is 114 Å². The van der Waals surface area contributed by atoms with Gasteiger partial charge in [0.1, 0.15) is 0 Å². The van der Waals surface area contributed by atoms with E-state index in [1.54, 1.807) is 0 Å². The molecule has 19 heavy (non-hydrogen) atoms. The third-order valence-corrected chi connectivity index (χ3v) is 3.65. The zero-order chi connectivity index (χ0) is 13.8. The maximum atomic E-state index is 11.1. The number of carbonyl (C=O) groups excluding carboxylic acids is 1. The highest BCUT2D eigenvalue weighted by atomic mass is 16.3. The van der Waals surface area contributed by atoms with Gasteiger partial charge in [-0.3, -0.25) is 4.79 Å². The van der Waals surface area contributed by atoms with Crippen molar-refractivity contribution >= 4 is 11.6 Å². The number of carbonyl (C=O) groups is 1. The molecular weight excluding hydrogens is 240 g/mol. The van der Waals surface area contributed by atoms with E-state index < -0.39 is 0 Å². The Morgan fingerprint density at radius 3 is 2.84 bits per heavy atom. The van der Waals surface area contributed by atoms with Crippen molar-refractivity contribution in [2.45, 2.75) is 51.3 Å². The summed E-state index contributed by atoms with van der Waals surface area (Å²) in [6.07, 6.45) is 2.76. The molecular formula is C15H22N2O2. The van der Waals surface area contributed by atoms with Gasteiger partial charge in [0.15, 0.2) is 0 Å². The van der Waals surface area contributed by atoms with Gasteiger partial charge in [0, 0.05) is 24.7 Å². The number of hydrogen-bond donors (Lipinski definition) is 3. The first-order valence-corrected chi connectivity index (χ1v) is 6.88. The van der Waals surface area contributed by atoms with E-state index in [-0.39, 0.29) is 24.1 Å². The predicted molar refractivity (Wildman–Crippen MR) is 75.9 cm³/mol. The van der Waals surface area contributed by atoms with Crippen molar-refractivity contribution in [1.82, 2.24) is 5.32 Å². The second-order valence-electron chi connectivity index (χ2n) is 5.30. The molecule has 104 valence electrons. The van der Waals surface area contributed by atoms with Crippen LogP contribution in [0.1, 0.15) is 44.7 Å². The van der Waals surface area contributed by atoms with Gasteiger partial charge in [0.2, 0.25) is 5.91 Å². The fraction of sp³-hybridized carbons (Fsp3) is 0.533. The van der Waals surface area contributed by atoms with Crippen LogP contribution in [0.15, 0.2) is 24.3 Å². The van der Waals surface area contributed by atoms with Crippen molar-refractivity contribution in [3.05, 3.63) is 29.8 Å². The number of nitrogens with one attached hydrogen (secondary N) is 2. The molecule has 4 nitrogen and oxygen atoms in total. The van der Waals surface area contributed by atoms with Gasteiger partial charge in [-0.2, -0.15) is 0 Å². The summed E-state index contributed by atoms with van der Waals surface area (Å²) in [7, 11) is 0. The first-order valence-electron chi connectivity index (χ1n) is 6.88. The van der Waals surface area contributed by atoms with E-state index in [2.05, 4.69) is 17.6 Å². The molecule has 1 aromatic rings. The lowest BCUT2D eigenvalue weighted by molar-refractivity contribution is -0.114. The van der Waals surface area contributed by atoms with E-state index in [9.17, 15) is 9.90 Å². The van der Waals surface area contributed by atoms with Crippen LogP contribution in [0.25, 0.3) is 0 Å². The van der Waals surface area contributed by atoms with Crippen LogP contribution in [0.2, 0.25) is 0 Å². The van der Waals surface area contributed by atoms with Crippen molar-refractivity contribution in [1.29, 1.82) is 0 Å². The molecule has 0 radical (unpaired) electrons. The quantitative estimate of drug-likeness (QED) is 0.779. The van der Waals surface area contributed by atoms with Crippen LogP contribution >= 0.6 is 0 Å². The minimum atomic E-state index is -0.235. The average molecular weight is 262 g/mol. The Balaban J connectivity index is 2.01. The molecule has 0 spiro atoms. The van der Waals surface area contributed by atoms with E-state index in [1.807, 2.05) is 24.3 Å². The number of hydrogen-bond acceptors (Lipinski definition) is 3. The van der Waals surface area contributed by atoms with E-state index in [0.29, 0.717) is 0 Å². The van der Waals surface area contributed by atoms with Crippen molar-refractivity contribution < 1.29 is 9.90 Å². The number of anilines is 1. The summed E-state index contributed by atoms with van der Waals surface area (Å²) in [5, 5.41) is 16.1. The summed E-state index contributed by atoms with van der Waals surface area (Å²) in [6, 6.07) is 8.15. The SMILES string of the molecule is CC(=O)Nc1cccc(C(C)NC2CCCC2O)c1. The van der Waals surface area contributed by atoms with E-state index in [4.69, 9.17) is 0 Å². The first kappa shape index (κ1) is 14.0. The minimum absolute atomic E-state index is 0.0658. The van der Waals surface area contributed by atoms with Crippen molar-refractivity contribution in [2.24, 2.45) is 0 Å². The molecule has 1 aliphatic rings. The zero-order valence-electron chi connectivity index (χ0n) is 11.5. The number of amides is 1.